The number of hydrogen-bond donors (Lipinski definition) is 2. The number of allylic oxidation sites excluding steroid dienone is 2. The number of alkyl carbamates (subject to hydrolysis) is 1. The minimum Gasteiger partial charge on any atom is -0.530 e. The molecule has 23 heteroatoms. The maximum absolute atomic E-state index is 17.1. The smallest absolute Gasteiger partial charge is 0.412 e. The van der Waals surface area contributed by atoms with Crippen molar-refractivity contribution in [2.75, 3.05) is 13.1 Å². The van der Waals surface area contributed by atoms with Gasteiger partial charge in [0.2, 0.25) is 10.0 Å². The number of aliphatic imine (C=N–C) groups is 1. The SMILES string of the molecule is CC(C)(C)OC(=O)N[C@@H]1CC(S(=O)(=O)c2ccccc2[N+](=O)[O-])CCC2=C(C2)N=C[C@@H]2CCCN2[C@@H](c2ccc3c(c2F)C(=O)N(C(=O)[O-])[C@H]3C(=O)NS(=O)(=O)C2CC2)CC[N+]1=O. The van der Waals surface area contributed by atoms with Crippen LogP contribution >= 0.6 is 0 Å². The lowest BCUT2D eigenvalue weighted by Crippen LogP contribution is -2.49. The summed E-state index contributed by atoms with van der Waals surface area (Å²) in [6, 6.07) is 3.60. The van der Waals surface area contributed by atoms with E-state index in [4.69, 9.17) is 4.74 Å². The molecule has 3 aliphatic heterocycles. The number of hydrogen-bond acceptors (Lipinski definition) is 15. The first-order valence-corrected chi connectivity index (χ1v) is 23.5. The standard InChI is InChI=1S/C40H46FN7O13S2/c1-40(2,3)61-38(51)43-32-20-25(62(57,58)31-9-5-4-8-30(31)48(55)56)11-10-22-19-28(22)42-21-23-7-6-17-45(23)29(16-18-46(32)54)26-14-15-27-33(34(26)41)37(50)47(39(52)53)35(27)36(49)44-63(59,60)24-12-13-24/h4-5,8-9,14-15,21,23-25,29,32,35H,6-7,10-13,16-20H2,1-3H3,(H2-,43,44,49,51,52,53)/t23-,25?,29+,32-,35+/m0/s1. The molecule has 2 fully saturated rings. The Labute approximate surface area is 361 Å². The van der Waals surface area contributed by atoms with Gasteiger partial charge in [0, 0.05) is 63.7 Å². The number of amides is 4. The Bertz CT molecular complexity index is 2570. The Hall–Kier alpha value is -5.68. The Morgan fingerprint density at radius 3 is 2.37 bits per heavy atom. The van der Waals surface area contributed by atoms with Crippen LogP contribution in [0.2, 0.25) is 0 Å². The molecule has 1 saturated heterocycles. The lowest BCUT2D eigenvalue weighted by Gasteiger charge is -2.32. The summed E-state index contributed by atoms with van der Waals surface area (Å²) in [7, 11) is -8.78. The van der Waals surface area contributed by atoms with E-state index in [2.05, 4.69) is 10.3 Å². The van der Waals surface area contributed by atoms with Crippen LogP contribution in [0.25, 0.3) is 0 Å². The van der Waals surface area contributed by atoms with E-state index >= 15 is 4.39 Å². The van der Waals surface area contributed by atoms with Crippen LogP contribution < -0.4 is 15.1 Å². The monoisotopic (exact) mass is 915 g/mol. The fraction of sp³-hybridized carbons (Fsp3) is 0.525. The molecule has 338 valence electrons. The molecule has 20 nitrogen and oxygen atoms in total. The van der Waals surface area contributed by atoms with Gasteiger partial charge in [-0.25, -0.2) is 26.0 Å². The molecule has 1 unspecified atom stereocenters. The largest absolute Gasteiger partial charge is 0.530 e. The van der Waals surface area contributed by atoms with Gasteiger partial charge in [-0.15, -0.1) is 0 Å². The van der Waals surface area contributed by atoms with Crippen molar-refractivity contribution in [3.05, 3.63) is 85.2 Å². The van der Waals surface area contributed by atoms with Crippen molar-refractivity contribution in [3.63, 3.8) is 0 Å². The number of carboxylic acid groups (broad SMARTS) is 1. The number of carbonyl (C=O) groups is 4. The average Bonchev–Trinajstić information content (AvgIpc) is 4.12. The van der Waals surface area contributed by atoms with Gasteiger partial charge in [-0.05, 0) is 77.5 Å². The number of nitrogens with zero attached hydrogens (tertiary/aromatic N) is 5. The molecule has 4 amide bonds. The fourth-order valence-corrected chi connectivity index (χ4v) is 11.7. The van der Waals surface area contributed by atoms with Crippen molar-refractivity contribution >= 4 is 55.8 Å². The van der Waals surface area contributed by atoms with Crippen molar-refractivity contribution in [3.8, 4) is 0 Å². The van der Waals surface area contributed by atoms with E-state index in [1.807, 2.05) is 9.62 Å². The van der Waals surface area contributed by atoms with Gasteiger partial charge >= 0.3 is 6.09 Å². The van der Waals surface area contributed by atoms with E-state index in [-0.39, 0.29) is 42.6 Å². The van der Waals surface area contributed by atoms with Crippen LogP contribution in [0.1, 0.15) is 112 Å². The van der Waals surface area contributed by atoms with Crippen molar-refractivity contribution < 1.29 is 59.9 Å². The number of halogens is 1. The zero-order chi connectivity index (χ0) is 45.8. The number of carbonyl (C=O) groups excluding carboxylic acids is 4. The molecule has 3 heterocycles. The van der Waals surface area contributed by atoms with Gasteiger partial charge < -0.3 is 14.6 Å². The molecule has 5 aliphatic rings. The van der Waals surface area contributed by atoms with Crippen molar-refractivity contribution in [2.45, 2.75) is 124 Å². The Balaban J connectivity index is 1.28. The Morgan fingerprint density at radius 1 is 1.00 bits per heavy atom. The van der Waals surface area contributed by atoms with Gasteiger partial charge in [-0.3, -0.25) is 44.5 Å². The molecular weight excluding hydrogens is 870 g/mol. The first-order chi connectivity index (χ1) is 29.6. The summed E-state index contributed by atoms with van der Waals surface area (Å²) in [6.45, 7) is 4.58. The van der Waals surface area contributed by atoms with Gasteiger partial charge in [0.25, 0.3) is 23.7 Å². The highest BCUT2D eigenvalue weighted by molar-refractivity contribution is 7.92. The number of para-hydroxylation sites is 1. The molecule has 2 N–H and O–H groups in total. The normalized spacial score (nSPS) is 24.7. The van der Waals surface area contributed by atoms with Crippen LogP contribution in [-0.4, -0.2) is 108 Å². The lowest BCUT2D eigenvalue weighted by molar-refractivity contribution is -0.592. The molecular formula is C40H46FN7O13S2. The minimum atomic E-state index is -4.56. The summed E-state index contributed by atoms with van der Waals surface area (Å²) in [5.41, 5.74) is -1.63. The van der Waals surface area contributed by atoms with E-state index in [1.54, 1.807) is 27.0 Å². The zero-order valence-electron chi connectivity index (χ0n) is 34.5. The topological polar surface area (TPSA) is 275 Å². The van der Waals surface area contributed by atoms with Gasteiger partial charge in [0.15, 0.2) is 16.4 Å². The zero-order valence-corrected chi connectivity index (χ0v) is 36.2. The van der Waals surface area contributed by atoms with Crippen LogP contribution in [0.3, 0.4) is 0 Å². The summed E-state index contributed by atoms with van der Waals surface area (Å²) < 4.78 is 78.7. The third-order valence-electron chi connectivity index (χ3n) is 11.7. The molecule has 0 aromatic heterocycles. The van der Waals surface area contributed by atoms with E-state index in [0.717, 1.165) is 23.8 Å². The number of nitrogens with one attached hydrogen (secondary N) is 2. The fourth-order valence-electron chi connectivity index (χ4n) is 8.47. The Kier molecular flexibility index (Phi) is 12.3. The van der Waals surface area contributed by atoms with Gasteiger partial charge in [-0.2, -0.15) is 0 Å². The molecule has 1 saturated carbocycles. The average molecular weight is 916 g/mol. The van der Waals surface area contributed by atoms with Gasteiger partial charge in [-0.1, -0.05) is 24.3 Å². The summed E-state index contributed by atoms with van der Waals surface area (Å²) in [5.74, 6) is -4.08. The van der Waals surface area contributed by atoms with Crippen molar-refractivity contribution in [2.24, 2.45) is 4.99 Å². The molecule has 2 aliphatic carbocycles. The van der Waals surface area contributed by atoms with Crippen LogP contribution in [0.15, 0.2) is 57.6 Å². The molecule has 0 bridgehead atoms. The second kappa shape index (κ2) is 17.1. The minimum absolute atomic E-state index is 0.0428. The second-order valence-electron chi connectivity index (χ2n) is 17.2. The highest BCUT2D eigenvalue weighted by Gasteiger charge is 2.48. The maximum atomic E-state index is 17.1. The van der Waals surface area contributed by atoms with E-state index in [0.29, 0.717) is 36.3 Å². The predicted molar refractivity (Wildman–Crippen MR) is 218 cm³/mol. The number of fused-ring (bicyclic) bond motifs is 2. The molecule has 2 aromatic rings. The second-order valence-corrected chi connectivity index (χ2v) is 21.4. The first-order valence-electron chi connectivity index (χ1n) is 20.4. The molecule has 2 aromatic carbocycles. The third kappa shape index (κ3) is 9.49. The number of sulfonamides is 1. The number of nitro groups is 1. The molecule has 0 spiro atoms. The van der Waals surface area contributed by atoms with E-state index in [9.17, 15) is 56.1 Å². The number of imide groups is 1. The summed E-state index contributed by atoms with van der Waals surface area (Å²) >= 11 is 0. The van der Waals surface area contributed by atoms with Gasteiger partial charge in [0.1, 0.15) is 28.4 Å². The molecule has 63 heavy (non-hydrogen) atoms. The third-order valence-corrected chi connectivity index (χ3v) is 15.8. The Morgan fingerprint density at radius 2 is 1.70 bits per heavy atom. The summed E-state index contributed by atoms with van der Waals surface area (Å²) in [5, 5.41) is 24.4. The van der Waals surface area contributed by atoms with Crippen molar-refractivity contribution in [1.82, 2.24) is 19.8 Å². The van der Waals surface area contributed by atoms with E-state index in [1.165, 1.54) is 18.2 Å². The highest BCUT2D eigenvalue weighted by Crippen LogP contribution is 2.43. The molecule has 0 radical (unpaired) electrons. The lowest BCUT2D eigenvalue weighted by atomic mass is 9.94. The predicted octanol–water partition coefficient (Wildman–Crippen LogP) is 3.46. The number of benzene rings is 2. The van der Waals surface area contributed by atoms with Crippen LogP contribution in [0, 0.1) is 20.8 Å². The number of sulfone groups is 1. The number of ether oxygens (including phenoxy) is 1. The molecule has 7 rings (SSSR count). The summed E-state index contributed by atoms with van der Waals surface area (Å²) in [4.78, 5) is 84.0. The van der Waals surface area contributed by atoms with Gasteiger partial charge in [0.05, 0.1) is 27.4 Å². The number of nitroso groups, excluding NO2 is 1. The maximum Gasteiger partial charge on any atom is 0.412 e. The highest BCUT2D eigenvalue weighted by atomic mass is 32.2. The number of rotatable bonds is 8. The van der Waals surface area contributed by atoms with Crippen LogP contribution in [-0.2, 0) is 29.4 Å². The number of nitro benzene ring substituents is 1. The van der Waals surface area contributed by atoms with Crippen LogP contribution in [0.5, 0.6) is 0 Å². The van der Waals surface area contributed by atoms with E-state index < -0.39 is 130 Å². The first kappa shape index (κ1) is 45.3. The van der Waals surface area contributed by atoms with Crippen molar-refractivity contribution in [1.29, 1.82) is 0 Å². The van der Waals surface area contributed by atoms with Crippen LogP contribution in [0.4, 0.5) is 19.7 Å². The quantitative estimate of drug-likeness (QED) is 0.218. The summed E-state index contributed by atoms with van der Waals surface area (Å²) in [6.07, 6.45) is -1.73. The molecule has 5 atom stereocenters.